The predicted molar refractivity (Wildman–Crippen MR) is 62.0 cm³/mol. The van der Waals surface area contributed by atoms with Gasteiger partial charge in [0.15, 0.2) is 0 Å². The first kappa shape index (κ1) is 10.2. The van der Waals surface area contributed by atoms with Crippen LogP contribution < -0.4 is 5.73 Å². The summed E-state index contributed by atoms with van der Waals surface area (Å²) in [5, 5.41) is 12.8. The topological polar surface area (TPSA) is 67.6 Å². The minimum absolute atomic E-state index is 0.289. The molecule has 0 radical (unpaired) electrons. The Balaban J connectivity index is 2.50. The largest absolute Gasteiger partial charge is 0.383 e. The van der Waals surface area contributed by atoms with Gasteiger partial charge in [0.1, 0.15) is 5.82 Å². The fourth-order valence-electron chi connectivity index (χ4n) is 1.61. The number of para-hydroxylation sites is 1. The second-order valence-corrected chi connectivity index (χ2v) is 3.59. The Bertz CT molecular complexity index is 548. The van der Waals surface area contributed by atoms with Gasteiger partial charge in [0.2, 0.25) is 0 Å². The summed E-state index contributed by atoms with van der Waals surface area (Å²) < 4.78 is 1.67. The molecule has 0 spiro atoms. The Morgan fingerprint density at radius 2 is 2.19 bits per heavy atom. The van der Waals surface area contributed by atoms with Gasteiger partial charge in [-0.2, -0.15) is 10.4 Å². The van der Waals surface area contributed by atoms with Gasteiger partial charge in [0.25, 0.3) is 0 Å². The Morgan fingerprint density at radius 3 is 2.88 bits per heavy atom. The Morgan fingerprint density at radius 1 is 1.44 bits per heavy atom. The van der Waals surface area contributed by atoms with Gasteiger partial charge in [0, 0.05) is 5.56 Å². The number of rotatable bonds is 2. The van der Waals surface area contributed by atoms with Crippen LogP contribution in [0.1, 0.15) is 11.1 Å². The minimum Gasteiger partial charge on any atom is -0.383 e. The van der Waals surface area contributed by atoms with Crippen molar-refractivity contribution in [1.82, 2.24) is 9.78 Å². The number of nitrogens with two attached hydrogens (primary N) is 1. The molecule has 0 amide bonds. The lowest BCUT2D eigenvalue weighted by molar-refractivity contribution is 0.883. The molecule has 0 saturated carbocycles. The van der Waals surface area contributed by atoms with Gasteiger partial charge in [-0.15, -0.1) is 0 Å². The number of aromatic nitrogens is 2. The van der Waals surface area contributed by atoms with E-state index < -0.39 is 0 Å². The zero-order chi connectivity index (χ0) is 11.5. The maximum atomic E-state index is 8.64. The van der Waals surface area contributed by atoms with Crippen LogP contribution >= 0.6 is 0 Å². The third-order valence-corrected chi connectivity index (χ3v) is 2.50. The average Bonchev–Trinajstić information content (AvgIpc) is 2.62. The standard InChI is InChI=1S/C12H12N4/c1-9-4-2-3-5-11(9)16-12(14)10(6-7-13)8-15-16/h2-5,8H,6,14H2,1H3. The van der Waals surface area contributed by atoms with Crippen molar-refractivity contribution in [2.75, 3.05) is 5.73 Å². The molecule has 2 N–H and O–H groups in total. The van der Waals surface area contributed by atoms with E-state index in [0.717, 1.165) is 16.8 Å². The maximum Gasteiger partial charge on any atom is 0.131 e. The van der Waals surface area contributed by atoms with Crippen LogP contribution in [-0.4, -0.2) is 9.78 Å². The second-order valence-electron chi connectivity index (χ2n) is 3.59. The van der Waals surface area contributed by atoms with Crippen molar-refractivity contribution in [3.8, 4) is 11.8 Å². The molecule has 1 heterocycles. The van der Waals surface area contributed by atoms with Gasteiger partial charge in [-0.3, -0.25) is 0 Å². The highest BCUT2D eigenvalue weighted by molar-refractivity contribution is 5.50. The van der Waals surface area contributed by atoms with E-state index >= 15 is 0 Å². The van der Waals surface area contributed by atoms with E-state index in [9.17, 15) is 0 Å². The molecule has 4 nitrogen and oxygen atoms in total. The molecule has 0 saturated heterocycles. The van der Waals surface area contributed by atoms with Crippen LogP contribution in [0.5, 0.6) is 0 Å². The summed E-state index contributed by atoms with van der Waals surface area (Å²) in [6.45, 7) is 2.00. The first-order valence-electron chi connectivity index (χ1n) is 4.99. The Labute approximate surface area is 93.9 Å². The second kappa shape index (κ2) is 4.07. The number of nitriles is 1. The molecule has 0 aliphatic rings. The molecule has 2 rings (SSSR count). The van der Waals surface area contributed by atoms with Crippen LogP contribution in [0.3, 0.4) is 0 Å². The third-order valence-electron chi connectivity index (χ3n) is 2.50. The van der Waals surface area contributed by atoms with Crippen molar-refractivity contribution in [2.24, 2.45) is 0 Å². The van der Waals surface area contributed by atoms with Crippen molar-refractivity contribution >= 4 is 5.82 Å². The SMILES string of the molecule is Cc1ccccc1-n1ncc(CC#N)c1N. The molecule has 0 fully saturated rings. The Hall–Kier alpha value is -2.28. The number of benzene rings is 1. The van der Waals surface area contributed by atoms with E-state index in [0.29, 0.717) is 5.82 Å². The molecule has 0 unspecified atom stereocenters. The molecule has 0 bridgehead atoms. The molecule has 1 aromatic heterocycles. The number of nitrogen functional groups attached to an aromatic ring is 1. The van der Waals surface area contributed by atoms with Gasteiger partial charge in [-0.05, 0) is 18.6 Å². The lowest BCUT2D eigenvalue weighted by Gasteiger charge is -2.07. The highest BCUT2D eigenvalue weighted by atomic mass is 15.3. The first-order valence-corrected chi connectivity index (χ1v) is 4.99. The molecule has 0 aliphatic carbocycles. The number of nitrogens with zero attached hydrogens (tertiary/aromatic N) is 3. The molecule has 80 valence electrons. The van der Waals surface area contributed by atoms with Crippen molar-refractivity contribution < 1.29 is 0 Å². The van der Waals surface area contributed by atoms with Crippen molar-refractivity contribution in [2.45, 2.75) is 13.3 Å². The van der Waals surface area contributed by atoms with Crippen LogP contribution in [0.25, 0.3) is 5.69 Å². The summed E-state index contributed by atoms with van der Waals surface area (Å²) in [5.41, 5.74) is 8.76. The quantitative estimate of drug-likeness (QED) is 0.825. The summed E-state index contributed by atoms with van der Waals surface area (Å²) in [7, 11) is 0. The number of hydrogen-bond acceptors (Lipinski definition) is 3. The fourth-order valence-corrected chi connectivity index (χ4v) is 1.61. The molecular formula is C12H12N4. The first-order chi connectivity index (χ1) is 7.74. The van der Waals surface area contributed by atoms with Crippen LogP contribution in [-0.2, 0) is 6.42 Å². The zero-order valence-corrected chi connectivity index (χ0v) is 9.01. The summed E-state index contributed by atoms with van der Waals surface area (Å²) in [6.07, 6.45) is 1.93. The lowest BCUT2D eigenvalue weighted by atomic mass is 10.2. The normalized spacial score (nSPS) is 10.0. The summed E-state index contributed by atoms with van der Waals surface area (Å²) in [5.74, 6) is 0.538. The molecule has 4 heteroatoms. The van der Waals surface area contributed by atoms with E-state index in [2.05, 4.69) is 11.2 Å². The van der Waals surface area contributed by atoms with Crippen LogP contribution in [0.2, 0.25) is 0 Å². The molecule has 0 atom stereocenters. The maximum absolute atomic E-state index is 8.64. The van der Waals surface area contributed by atoms with Crippen molar-refractivity contribution in [1.29, 1.82) is 5.26 Å². The van der Waals surface area contributed by atoms with Gasteiger partial charge in [-0.1, -0.05) is 18.2 Å². The highest BCUT2D eigenvalue weighted by Crippen LogP contribution is 2.19. The van der Waals surface area contributed by atoms with Gasteiger partial charge in [-0.25, -0.2) is 4.68 Å². The summed E-state index contributed by atoms with van der Waals surface area (Å²) in [4.78, 5) is 0. The molecule has 16 heavy (non-hydrogen) atoms. The van der Waals surface area contributed by atoms with E-state index in [-0.39, 0.29) is 6.42 Å². The minimum atomic E-state index is 0.289. The third kappa shape index (κ3) is 1.63. The van der Waals surface area contributed by atoms with E-state index in [1.807, 2.05) is 31.2 Å². The summed E-state index contributed by atoms with van der Waals surface area (Å²) in [6, 6.07) is 9.93. The van der Waals surface area contributed by atoms with Gasteiger partial charge in [0.05, 0.1) is 24.4 Å². The van der Waals surface area contributed by atoms with Crippen molar-refractivity contribution in [3.63, 3.8) is 0 Å². The fraction of sp³-hybridized carbons (Fsp3) is 0.167. The van der Waals surface area contributed by atoms with E-state index in [4.69, 9.17) is 11.0 Å². The molecule has 2 aromatic rings. The lowest BCUT2D eigenvalue weighted by Crippen LogP contribution is -2.04. The van der Waals surface area contributed by atoms with Crippen LogP contribution in [0.15, 0.2) is 30.5 Å². The van der Waals surface area contributed by atoms with E-state index in [1.165, 1.54) is 0 Å². The number of anilines is 1. The van der Waals surface area contributed by atoms with Gasteiger partial charge < -0.3 is 5.73 Å². The summed E-state index contributed by atoms with van der Waals surface area (Å²) >= 11 is 0. The van der Waals surface area contributed by atoms with Gasteiger partial charge >= 0.3 is 0 Å². The van der Waals surface area contributed by atoms with Crippen molar-refractivity contribution in [3.05, 3.63) is 41.6 Å². The van der Waals surface area contributed by atoms with Crippen LogP contribution in [0, 0.1) is 18.3 Å². The molecule has 1 aromatic carbocycles. The molecular weight excluding hydrogens is 200 g/mol. The highest BCUT2D eigenvalue weighted by Gasteiger charge is 2.09. The molecule has 0 aliphatic heterocycles. The monoisotopic (exact) mass is 212 g/mol. The zero-order valence-electron chi connectivity index (χ0n) is 9.01. The smallest absolute Gasteiger partial charge is 0.131 e. The predicted octanol–water partition coefficient (Wildman–Crippen LogP) is 1.83. The number of aryl methyl sites for hydroxylation is 1. The number of hydrogen-bond donors (Lipinski definition) is 1. The Kier molecular flexibility index (Phi) is 2.61. The van der Waals surface area contributed by atoms with E-state index in [1.54, 1.807) is 10.9 Å². The average molecular weight is 212 g/mol. The van der Waals surface area contributed by atoms with Crippen LogP contribution in [0.4, 0.5) is 5.82 Å².